The number of rotatable bonds is 2. The summed E-state index contributed by atoms with van der Waals surface area (Å²) in [6, 6.07) is 0. The van der Waals surface area contributed by atoms with Gasteiger partial charge in [0.05, 0.1) is 0 Å². The Bertz CT molecular complexity index is 247. The topological polar surface area (TPSA) is 58.5 Å². The Balaban J connectivity index is 2.69. The summed E-state index contributed by atoms with van der Waals surface area (Å²) in [5.74, 6) is -0.623. The van der Waals surface area contributed by atoms with Gasteiger partial charge in [-0.15, -0.1) is 4.91 Å². The van der Waals surface area contributed by atoms with E-state index in [-0.39, 0.29) is 0 Å². The SMILES string of the molecule is CCC1=CNC(C)(C(=O)N=O)C1. The summed E-state index contributed by atoms with van der Waals surface area (Å²) >= 11 is 0. The van der Waals surface area contributed by atoms with E-state index in [0.717, 1.165) is 12.0 Å². The maximum absolute atomic E-state index is 11.0. The molecule has 0 aromatic heterocycles. The number of amides is 1. The molecule has 0 radical (unpaired) electrons. The molecule has 4 heteroatoms. The fourth-order valence-corrected chi connectivity index (χ4v) is 1.28. The van der Waals surface area contributed by atoms with Crippen LogP contribution in [0, 0.1) is 4.91 Å². The van der Waals surface area contributed by atoms with Gasteiger partial charge in [-0.05, 0) is 19.5 Å². The second-order valence-electron chi connectivity index (χ2n) is 3.21. The molecule has 0 saturated carbocycles. The van der Waals surface area contributed by atoms with Crippen molar-refractivity contribution in [1.29, 1.82) is 0 Å². The number of carbonyl (C=O) groups excluding carboxylic acids is 1. The molecule has 0 bridgehead atoms. The minimum Gasteiger partial charge on any atom is -0.377 e. The lowest BCUT2D eigenvalue weighted by Crippen LogP contribution is -2.42. The Kier molecular flexibility index (Phi) is 2.26. The van der Waals surface area contributed by atoms with E-state index in [1.807, 2.05) is 6.92 Å². The molecule has 12 heavy (non-hydrogen) atoms. The molecule has 0 aromatic rings. The highest BCUT2D eigenvalue weighted by atomic mass is 16.3. The fourth-order valence-electron chi connectivity index (χ4n) is 1.28. The molecule has 1 N–H and O–H groups in total. The van der Waals surface area contributed by atoms with Crippen molar-refractivity contribution in [3.63, 3.8) is 0 Å². The molecular weight excluding hydrogens is 156 g/mol. The third-order valence-corrected chi connectivity index (χ3v) is 2.18. The summed E-state index contributed by atoms with van der Waals surface area (Å²) < 4.78 is 0. The smallest absolute Gasteiger partial charge is 0.311 e. The van der Waals surface area contributed by atoms with Gasteiger partial charge >= 0.3 is 5.91 Å². The highest BCUT2D eigenvalue weighted by molar-refractivity contribution is 5.87. The number of nitrogens with one attached hydrogen (secondary N) is 1. The molecule has 1 aliphatic rings. The van der Waals surface area contributed by atoms with Crippen LogP contribution < -0.4 is 5.32 Å². The summed E-state index contributed by atoms with van der Waals surface area (Å²) in [5.41, 5.74) is 0.363. The van der Waals surface area contributed by atoms with E-state index in [1.165, 1.54) is 0 Å². The van der Waals surface area contributed by atoms with Crippen molar-refractivity contribution < 1.29 is 4.79 Å². The lowest BCUT2D eigenvalue weighted by Gasteiger charge is -2.18. The first kappa shape index (κ1) is 8.90. The van der Waals surface area contributed by atoms with Crippen molar-refractivity contribution in [1.82, 2.24) is 5.32 Å². The third kappa shape index (κ3) is 1.37. The number of hydrogen-bond donors (Lipinski definition) is 1. The van der Waals surface area contributed by atoms with Crippen LogP contribution in [0.15, 0.2) is 16.9 Å². The highest BCUT2D eigenvalue weighted by Gasteiger charge is 2.37. The molecule has 0 aliphatic carbocycles. The molecule has 66 valence electrons. The van der Waals surface area contributed by atoms with Crippen LogP contribution in [0.1, 0.15) is 26.7 Å². The number of hydrogen-bond acceptors (Lipinski definition) is 3. The van der Waals surface area contributed by atoms with Gasteiger partial charge in [0.15, 0.2) is 0 Å². The Labute approximate surface area is 71.0 Å². The molecule has 0 aromatic carbocycles. The number of carbonyl (C=O) groups is 1. The van der Waals surface area contributed by atoms with Gasteiger partial charge in [0.1, 0.15) is 5.54 Å². The maximum atomic E-state index is 11.0. The normalized spacial score (nSPS) is 27.7. The average molecular weight is 168 g/mol. The Morgan fingerprint density at radius 3 is 2.92 bits per heavy atom. The molecule has 0 spiro atoms. The van der Waals surface area contributed by atoms with Crippen LogP contribution in [0.5, 0.6) is 0 Å². The number of nitroso groups, excluding NO2 is 1. The van der Waals surface area contributed by atoms with Crippen molar-refractivity contribution in [2.45, 2.75) is 32.2 Å². The van der Waals surface area contributed by atoms with E-state index in [4.69, 9.17) is 0 Å². The average Bonchev–Trinajstić information content (AvgIpc) is 2.47. The summed E-state index contributed by atoms with van der Waals surface area (Å²) in [5, 5.41) is 5.31. The van der Waals surface area contributed by atoms with Crippen LogP contribution in [0.3, 0.4) is 0 Å². The maximum Gasteiger partial charge on any atom is 0.311 e. The van der Waals surface area contributed by atoms with Crippen LogP contribution in [-0.4, -0.2) is 11.4 Å². The van der Waals surface area contributed by atoms with Crippen molar-refractivity contribution in [2.24, 2.45) is 5.18 Å². The van der Waals surface area contributed by atoms with E-state index >= 15 is 0 Å². The van der Waals surface area contributed by atoms with Crippen molar-refractivity contribution in [2.75, 3.05) is 0 Å². The lowest BCUT2D eigenvalue weighted by atomic mass is 9.95. The summed E-state index contributed by atoms with van der Waals surface area (Å²) in [7, 11) is 0. The standard InChI is InChI=1S/C8H12N2O2/c1-3-6-4-8(2,9-5-6)7(11)10-12/h5,9H,3-4H2,1-2H3. The zero-order chi connectivity index (χ0) is 9.19. The van der Waals surface area contributed by atoms with Gasteiger partial charge in [0.25, 0.3) is 0 Å². The second-order valence-corrected chi connectivity index (χ2v) is 3.21. The van der Waals surface area contributed by atoms with Crippen molar-refractivity contribution >= 4 is 5.91 Å². The molecule has 4 nitrogen and oxygen atoms in total. The van der Waals surface area contributed by atoms with E-state index < -0.39 is 11.4 Å². The Morgan fingerprint density at radius 1 is 1.83 bits per heavy atom. The van der Waals surface area contributed by atoms with Crippen LogP contribution >= 0.6 is 0 Å². The lowest BCUT2D eigenvalue weighted by molar-refractivity contribution is -0.123. The van der Waals surface area contributed by atoms with Crippen LogP contribution in [0.2, 0.25) is 0 Å². The Hall–Kier alpha value is -1.19. The summed E-state index contributed by atoms with van der Waals surface area (Å²) in [6.45, 7) is 3.70. The zero-order valence-corrected chi connectivity index (χ0v) is 7.26. The second kappa shape index (κ2) is 3.05. The minimum absolute atomic E-state index is 0.591. The molecule has 1 amide bonds. The fraction of sp³-hybridized carbons (Fsp3) is 0.625. The van der Waals surface area contributed by atoms with Gasteiger partial charge in [-0.1, -0.05) is 12.5 Å². The monoisotopic (exact) mass is 168 g/mol. The predicted molar refractivity (Wildman–Crippen MR) is 45.3 cm³/mol. The van der Waals surface area contributed by atoms with Gasteiger partial charge in [0, 0.05) is 11.6 Å². The van der Waals surface area contributed by atoms with Gasteiger partial charge < -0.3 is 5.32 Å². The molecule has 1 atom stereocenters. The molecule has 1 heterocycles. The highest BCUT2D eigenvalue weighted by Crippen LogP contribution is 2.25. The molecule has 0 saturated heterocycles. The quantitative estimate of drug-likeness (QED) is 0.633. The largest absolute Gasteiger partial charge is 0.377 e. The van der Waals surface area contributed by atoms with E-state index in [9.17, 15) is 9.70 Å². The summed E-state index contributed by atoms with van der Waals surface area (Å²) in [6.07, 6.45) is 3.28. The summed E-state index contributed by atoms with van der Waals surface area (Å²) in [4.78, 5) is 21.1. The first-order valence-corrected chi connectivity index (χ1v) is 3.96. The molecule has 1 unspecified atom stereocenters. The van der Waals surface area contributed by atoms with E-state index in [0.29, 0.717) is 6.42 Å². The third-order valence-electron chi connectivity index (χ3n) is 2.18. The Morgan fingerprint density at radius 2 is 2.50 bits per heavy atom. The van der Waals surface area contributed by atoms with Gasteiger partial charge in [-0.25, -0.2) is 0 Å². The molecule has 1 rings (SSSR count). The van der Waals surface area contributed by atoms with Gasteiger partial charge in [-0.3, -0.25) is 4.79 Å². The van der Waals surface area contributed by atoms with E-state index in [1.54, 1.807) is 13.1 Å². The molecule has 1 aliphatic heterocycles. The minimum atomic E-state index is -0.785. The predicted octanol–water partition coefficient (Wildman–Crippen LogP) is 1.33. The first-order valence-electron chi connectivity index (χ1n) is 3.96. The van der Waals surface area contributed by atoms with E-state index in [2.05, 4.69) is 10.5 Å². The van der Waals surface area contributed by atoms with Crippen LogP contribution in [0.4, 0.5) is 0 Å². The first-order chi connectivity index (χ1) is 5.62. The van der Waals surface area contributed by atoms with Gasteiger partial charge in [-0.2, -0.15) is 0 Å². The van der Waals surface area contributed by atoms with Crippen LogP contribution in [0.25, 0.3) is 0 Å². The van der Waals surface area contributed by atoms with Crippen LogP contribution in [-0.2, 0) is 4.79 Å². The van der Waals surface area contributed by atoms with Crippen molar-refractivity contribution in [3.05, 3.63) is 16.7 Å². The molecular formula is C8H12N2O2. The number of nitrogens with zero attached hydrogens (tertiary/aromatic N) is 1. The van der Waals surface area contributed by atoms with Gasteiger partial charge in [0.2, 0.25) is 0 Å². The zero-order valence-electron chi connectivity index (χ0n) is 7.26. The molecule has 0 fully saturated rings. The van der Waals surface area contributed by atoms with Crippen molar-refractivity contribution in [3.8, 4) is 0 Å².